The molecule has 2 amide bonds. The number of aromatic carboxylic acids is 1. The van der Waals surface area contributed by atoms with Crippen LogP contribution in [0.2, 0.25) is 0 Å². The molecule has 0 fully saturated rings. The van der Waals surface area contributed by atoms with E-state index in [1.54, 1.807) is 24.5 Å². The molecule has 19 heteroatoms. The summed E-state index contributed by atoms with van der Waals surface area (Å²) in [5, 5.41) is 13.6. The first kappa shape index (κ1) is 54.7. The molecule has 348 valence electrons. The van der Waals surface area contributed by atoms with E-state index in [1.807, 2.05) is 88.4 Å². The fourth-order valence-electron chi connectivity index (χ4n) is 5.58. The number of esters is 2. The van der Waals surface area contributed by atoms with Gasteiger partial charge in [-0.05, 0) is 79.6 Å². The Morgan fingerprint density at radius 2 is 1.09 bits per heavy atom. The Labute approximate surface area is 391 Å². The van der Waals surface area contributed by atoms with Crippen molar-refractivity contribution in [3.63, 3.8) is 0 Å². The van der Waals surface area contributed by atoms with E-state index in [1.165, 1.54) is 36.9 Å². The summed E-state index contributed by atoms with van der Waals surface area (Å²) < 4.78 is 21.3. The minimum absolute atomic E-state index is 0. The number of pyridine rings is 2. The van der Waals surface area contributed by atoms with Crippen molar-refractivity contribution in [1.82, 2.24) is 20.6 Å². The van der Waals surface area contributed by atoms with Gasteiger partial charge >= 0.3 is 30.1 Å². The second-order valence-electron chi connectivity index (χ2n) is 13.8. The number of carboxylic acids is 1. The van der Waals surface area contributed by atoms with Crippen molar-refractivity contribution in [1.29, 1.82) is 0 Å². The highest BCUT2D eigenvalue weighted by Gasteiger charge is 2.25. The zero-order valence-corrected chi connectivity index (χ0v) is 38.4. The molecule has 0 aliphatic heterocycles. The predicted molar refractivity (Wildman–Crippen MR) is 253 cm³/mol. The highest BCUT2D eigenvalue weighted by Crippen LogP contribution is 2.30. The number of nitrogens with zero attached hydrogens (tertiary/aromatic N) is 2. The van der Waals surface area contributed by atoms with Gasteiger partial charge in [-0.2, -0.15) is 0 Å². The fraction of sp³-hybridized carbons (Fsp3) is 0.304. The molecule has 2 aromatic carbocycles. The molecule has 5 N–H and O–H groups in total. The lowest BCUT2D eigenvalue weighted by atomic mass is 10.1. The van der Waals surface area contributed by atoms with Crippen LogP contribution in [0.15, 0.2) is 85.2 Å². The third-order valence-electron chi connectivity index (χ3n) is 9.45. The summed E-state index contributed by atoms with van der Waals surface area (Å²) in [6.45, 7) is 8.10. The zero-order chi connectivity index (χ0) is 46.1. The third kappa shape index (κ3) is 16.2. The topological polar surface area (TPSA) is 235 Å². The van der Waals surface area contributed by atoms with E-state index in [2.05, 4.69) is 25.3 Å². The number of hydrogen-bond acceptors (Lipinski definition) is 15. The molecule has 4 heterocycles. The van der Waals surface area contributed by atoms with E-state index in [0.717, 1.165) is 53.8 Å². The molecule has 0 unspecified atom stereocenters. The number of rotatable bonds is 14. The number of thiophene rings is 2. The Hall–Kier alpha value is -6.47. The summed E-state index contributed by atoms with van der Waals surface area (Å²) in [6.07, 6.45) is 2.28. The summed E-state index contributed by atoms with van der Waals surface area (Å²) in [7, 11) is 2.46. The summed E-state index contributed by atoms with van der Waals surface area (Å²) in [4.78, 5) is 79.7. The van der Waals surface area contributed by atoms with E-state index in [0.29, 0.717) is 9.75 Å². The van der Waals surface area contributed by atoms with Crippen LogP contribution in [0, 0.1) is 27.7 Å². The van der Waals surface area contributed by atoms with Crippen molar-refractivity contribution in [3.05, 3.63) is 128 Å². The molecule has 0 saturated carbocycles. The minimum atomic E-state index is -0.978. The number of hydrogen-bond donors (Lipinski definition) is 4. The van der Waals surface area contributed by atoms with Gasteiger partial charge in [0, 0.05) is 25.4 Å². The average molecular weight is 953 g/mol. The third-order valence-corrected chi connectivity index (χ3v) is 12.0. The number of amides is 2. The van der Waals surface area contributed by atoms with Gasteiger partial charge in [0.15, 0.2) is 5.78 Å². The number of ketones is 1. The Balaban J connectivity index is 0.000000362. The summed E-state index contributed by atoms with van der Waals surface area (Å²) >= 11 is 2.68. The maximum Gasteiger partial charge on any atom is 0.408 e. The molecule has 0 radical (unpaired) electrons. The van der Waals surface area contributed by atoms with Crippen molar-refractivity contribution in [2.45, 2.75) is 73.3 Å². The van der Waals surface area contributed by atoms with Gasteiger partial charge in [0.05, 0.1) is 39.5 Å². The fourth-order valence-corrected chi connectivity index (χ4v) is 7.72. The average Bonchev–Trinajstić information content (AvgIpc) is 3.95. The predicted octanol–water partition coefficient (Wildman–Crippen LogP) is 8.43. The number of carbonyl (C=O) groups excluding carboxylic acids is 5. The van der Waals surface area contributed by atoms with Gasteiger partial charge in [-0.3, -0.25) is 14.8 Å². The van der Waals surface area contributed by atoms with Gasteiger partial charge in [-0.1, -0.05) is 68.1 Å². The van der Waals surface area contributed by atoms with Crippen LogP contribution in [0.4, 0.5) is 9.59 Å². The Bertz CT molecular complexity index is 2540. The number of benzene rings is 2. The minimum Gasteiger partial charge on any atom is -0.477 e. The van der Waals surface area contributed by atoms with Crippen LogP contribution in [0.25, 0.3) is 20.4 Å². The Morgan fingerprint density at radius 3 is 1.52 bits per heavy atom. The van der Waals surface area contributed by atoms with E-state index in [9.17, 15) is 28.8 Å². The second kappa shape index (κ2) is 27.0. The first-order valence-electron chi connectivity index (χ1n) is 19.4. The normalized spacial score (nSPS) is 11.1. The van der Waals surface area contributed by atoms with Crippen molar-refractivity contribution >= 4 is 91.4 Å². The van der Waals surface area contributed by atoms with E-state index in [-0.39, 0.29) is 58.2 Å². The highest BCUT2D eigenvalue weighted by molar-refractivity contribution is 7.21. The lowest BCUT2D eigenvalue weighted by Crippen LogP contribution is -2.46. The number of aromatic nitrogens is 2. The highest BCUT2D eigenvalue weighted by atomic mass is 35.5. The number of ether oxygens (including phenoxy) is 4. The lowest BCUT2D eigenvalue weighted by Gasteiger charge is -2.16. The number of methoxy groups -OCH3 is 2. The van der Waals surface area contributed by atoms with Gasteiger partial charge in [0.2, 0.25) is 0 Å². The van der Waals surface area contributed by atoms with Crippen LogP contribution >= 0.6 is 35.1 Å². The van der Waals surface area contributed by atoms with E-state index >= 15 is 0 Å². The SMILES string of the molecule is C.COC(=O)[C@@H](CCC(=O)c1cc2ncc(C)c(C)c2s1)NC(=O)OCc1ccccc1.COC(=O)[C@@H](CN)NC(=O)OCc1ccccc1.Cc1cnc2cc(C(=O)O)sc2c1C.Cl. The number of nitrogens with one attached hydrogen (secondary N) is 2. The van der Waals surface area contributed by atoms with Crippen LogP contribution < -0.4 is 16.4 Å². The Kier molecular flexibility index (Phi) is 22.7. The van der Waals surface area contributed by atoms with Crippen molar-refractivity contribution < 1.29 is 52.8 Å². The molecular formula is C46H54ClN5O11S2. The second-order valence-corrected chi connectivity index (χ2v) is 16.0. The standard InChI is InChI=1S/C23H24N2O5S.C12H16N2O4.C10H9NO2S.CH4.ClH/c1-14-12-24-18-11-20(31-21(18)15(14)2)19(26)10-9-17(22(27)29-3)25-23(28)30-13-16-7-5-4-6-8-16;1-17-11(15)10(7-13)14-12(16)18-8-9-5-3-2-4-6-9;1-5-4-11-7-3-8(10(12)13)14-9(7)6(5)2;;/h4-8,11-12,17H,9-10,13H2,1-3H3,(H,25,28);2-6,10H,7-8,13H2,1H3,(H,14,16);3-4H,1-2H3,(H,12,13);1H4;1H/t17-;10-;;;/m11.../s1. The van der Waals surface area contributed by atoms with Crippen molar-refractivity contribution in [2.75, 3.05) is 20.8 Å². The molecule has 6 aromatic rings. The Morgan fingerprint density at radius 1 is 0.677 bits per heavy atom. The summed E-state index contributed by atoms with van der Waals surface area (Å²) in [5.74, 6) is -2.23. The van der Waals surface area contributed by atoms with Crippen LogP contribution in [0.1, 0.15) is 73.0 Å². The molecule has 4 aromatic heterocycles. The molecule has 0 aliphatic carbocycles. The van der Waals surface area contributed by atoms with Gasteiger partial charge in [-0.15, -0.1) is 35.1 Å². The first-order chi connectivity index (χ1) is 30.1. The molecule has 0 aliphatic rings. The summed E-state index contributed by atoms with van der Waals surface area (Å²) in [6, 6.07) is 19.9. The number of carbonyl (C=O) groups is 6. The van der Waals surface area contributed by atoms with Gasteiger partial charge in [0.25, 0.3) is 0 Å². The van der Waals surface area contributed by atoms with Gasteiger partial charge in [0.1, 0.15) is 30.2 Å². The number of carboxylic acid groups (broad SMARTS) is 1. The van der Waals surface area contributed by atoms with Gasteiger partial charge < -0.3 is 40.4 Å². The molecule has 65 heavy (non-hydrogen) atoms. The van der Waals surface area contributed by atoms with Crippen LogP contribution in [-0.4, -0.2) is 83.8 Å². The zero-order valence-electron chi connectivity index (χ0n) is 36.0. The van der Waals surface area contributed by atoms with Crippen LogP contribution in [0.5, 0.6) is 0 Å². The van der Waals surface area contributed by atoms with E-state index < -0.39 is 42.2 Å². The molecule has 0 spiro atoms. The molecular weight excluding hydrogens is 898 g/mol. The largest absolute Gasteiger partial charge is 0.477 e. The quantitative estimate of drug-likeness (QED) is 0.0456. The molecule has 16 nitrogen and oxygen atoms in total. The molecule has 2 atom stereocenters. The number of halogens is 1. The van der Waals surface area contributed by atoms with Gasteiger partial charge in [-0.25, -0.2) is 24.0 Å². The number of nitrogens with two attached hydrogens (primary N) is 1. The van der Waals surface area contributed by atoms with Crippen LogP contribution in [-0.2, 0) is 41.8 Å². The number of aryl methyl sites for hydroxylation is 4. The van der Waals surface area contributed by atoms with Crippen molar-refractivity contribution in [2.24, 2.45) is 5.73 Å². The number of alkyl carbamates (subject to hydrolysis) is 2. The molecule has 0 saturated heterocycles. The number of fused-ring (bicyclic) bond motifs is 2. The first-order valence-corrected chi connectivity index (χ1v) is 21.1. The van der Waals surface area contributed by atoms with Crippen molar-refractivity contribution in [3.8, 4) is 0 Å². The van der Waals surface area contributed by atoms with E-state index in [4.69, 9.17) is 25.1 Å². The monoisotopic (exact) mass is 951 g/mol. The smallest absolute Gasteiger partial charge is 0.408 e. The lowest BCUT2D eigenvalue weighted by molar-refractivity contribution is -0.143. The maximum absolute atomic E-state index is 12.7. The van der Waals surface area contributed by atoms with Crippen LogP contribution in [0.3, 0.4) is 0 Å². The summed E-state index contributed by atoms with van der Waals surface area (Å²) in [5.41, 5.74) is 13.0. The molecule has 0 bridgehead atoms. The number of Topliss-reactive ketones (excluding diaryl/α,β-unsaturated/α-hetero) is 1. The maximum atomic E-state index is 12.7. The molecule has 6 rings (SSSR count).